The quantitative estimate of drug-likeness (QED) is 0.899. The Labute approximate surface area is 108 Å². The van der Waals surface area contributed by atoms with Gasteiger partial charge in [-0.1, -0.05) is 13.8 Å². The number of nitrogen functional groups attached to an aromatic ring is 1. The first kappa shape index (κ1) is 12.6. The van der Waals surface area contributed by atoms with Gasteiger partial charge in [0.2, 0.25) is 0 Å². The summed E-state index contributed by atoms with van der Waals surface area (Å²) in [6.07, 6.45) is 6.54. The summed E-state index contributed by atoms with van der Waals surface area (Å²) in [6.45, 7) is 6.66. The summed E-state index contributed by atoms with van der Waals surface area (Å²) in [4.78, 5) is 8.38. The van der Waals surface area contributed by atoms with Crippen molar-refractivity contribution in [2.45, 2.75) is 33.2 Å². The number of nitrogens with two attached hydrogens (primary N) is 1. The normalized spacial score (nSPS) is 12.9. The molecule has 0 aromatic carbocycles. The monoisotopic (exact) mass is 244 g/mol. The fourth-order valence-electron chi connectivity index (χ4n) is 2.29. The molecule has 0 saturated carbocycles. The number of nitrogens with zero attached hydrogens (tertiary/aromatic N) is 3. The molecular formula is C14H20N4. The zero-order valence-corrected chi connectivity index (χ0v) is 11.2. The highest BCUT2D eigenvalue weighted by Gasteiger charge is 2.14. The molecule has 96 valence electrons. The molecule has 2 N–H and O–H groups in total. The number of aromatic nitrogens is 3. The Balaban J connectivity index is 2.36. The summed E-state index contributed by atoms with van der Waals surface area (Å²) in [5, 5.41) is 0. The van der Waals surface area contributed by atoms with Crippen molar-refractivity contribution >= 4 is 5.82 Å². The van der Waals surface area contributed by atoms with Crippen LogP contribution in [0.4, 0.5) is 5.82 Å². The van der Waals surface area contributed by atoms with Crippen molar-refractivity contribution in [2.24, 2.45) is 5.92 Å². The molecule has 0 amide bonds. The summed E-state index contributed by atoms with van der Waals surface area (Å²) in [5.74, 6) is 1.21. The molecule has 4 nitrogen and oxygen atoms in total. The Hall–Kier alpha value is -1.84. The van der Waals surface area contributed by atoms with Gasteiger partial charge in [0.15, 0.2) is 0 Å². The van der Waals surface area contributed by atoms with E-state index in [0.717, 1.165) is 17.7 Å². The summed E-state index contributed by atoms with van der Waals surface area (Å²) >= 11 is 0. The van der Waals surface area contributed by atoms with E-state index < -0.39 is 0 Å². The lowest BCUT2D eigenvalue weighted by Crippen LogP contribution is -2.09. The van der Waals surface area contributed by atoms with Gasteiger partial charge in [-0.15, -0.1) is 0 Å². The Morgan fingerprint density at radius 1 is 1.33 bits per heavy atom. The standard InChI is InChI=1S/C14H20N4/c1-10(2)7-11(3)18-9-16-8-13(18)12-5-4-6-17-14(12)15/h4-6,8-11H,7H2,1-3H3,(H2,15,17). The molecule has 0 saturated heterocycles. The molecule has 0 bridgehead atoms. The van der Waals surface area contributed by atoms with Gasteiger partial charge in [0.1, 0.15) is 5.82 Å². The van der Waals surface area contributed by atoms with Crippen LogP contribution in [-0.2, 0) is 0 Å². The van der Waals surface area contributed by atoms with E-state index in [0.29, 0.717) is 17.8 Å². The molecular weight excluding hydrogens is 224 g/mol. The van der Waals surface area contributed by atoms with Crippen LogP contribution in [0.5, 0.6) is 0 Å². The van der Waals surface area contributed by atoms with E-state index in [1.54, 1.807) is 6.20 Å². The van der Waals surface area contributed by atoms with Gasteiger partial charge < -0.3 is 10.3 Å². The van der Waals surface area contributed by atoms with Gasteiger partial charge in [-0.3, -0.25) is 0 Å². The predicted octanol–water partition coefficient (Wildman–Crippen LogP) is 3.13. The van der Waals surface area contributed by atoms with Crippen molar-refractivity contribution in [1.82, 2.24) is 14.5 Å². The van der Waals surface area contributed by atoms with Gasteiger partial charge in [0, 0.05) is 17.8 Å². The lowest BCUT2D eigenvalue weighted by atomic mass is 10.0. The van der Waals surface area contributed by atoms with E-state index in [1.807, 2.05) is 24.7 Å². The molecule has 18 heavy (non-hydrogen) atoms. The number of hydrogen-bond acceptors (Lipinski definition) is 3. The van der Waals surface area contributed by atoms with Crippen LogP contribution in [0.25, 0.3) is 11.3 Å². The lowest BCUT2D eigenvalue weighted by molar-refractivity contribution is 0.430. The van der Waals surface area contributed by atoms with Crippen molar-refractivity contribution in [1.29, 1.82) is 0 Å². The van der Waals surface area contributed by atoms with E-state index >= 15 is 0 Å². The molecule has 0 spiro atoms. The average Bonchev–Trinajstić information content (AvgIpc) is 2.77. The molecule has 2 aromatic rings. The van der Waals surface area contributed by atoms with E-state index in [1.165, 1.54) is 0 Å². The summed E-state index contributed by atoms with van der Waals surface area (Å²) < 4.78 is 2.17. The maximum atomic E-state index is 5.93. The first-order valence-electron chi connectivity index (χ1n) is 6.32. The molecule has 0 aliphatic rings. The Morgan fingerprint density at radius 3 is 2.78 bits per heavy atom. The Bertz CT molecular complexity index is 516. The van der Waals surface area contributed by atoms with E-state index in [9.17, 15) is 0 Å². The number of anilines is 1. The smallest absolute Gasteiger partial charge is 0.132 e. The number of hydrogen-bond donors (Lipinski definition) is 1. The van der Waals surface area contributed by atoms with Crippen LogP contribution in [0.15, 0.2) is 30.9 Å². The molecule has 0 radical (unpaired) electrons. The number of rotatable bonds is 4. The molecule has 0 aliphatic heterocycles. The van der Waals surface area contributed by atoms with Crippen LogP contribution in [-0.4, -0.2) is 14.5 Å². The highest BCUT2D eigenvalue weighted by molar-refractivity contribution is 5.70. The first-order valence-corrected chi connectivity index (χ1v) is 6.32. The average molecular weight is 244 g/mol. The van der Waals surface area contributed by atoms with Gasteiger partial charge in [-0.05, 0) is 31.4 Å². The van der Waals surface area contributed by atoms with Crippen molar-refractivity contribution in [3.05, 3.63) is 30.9 Å². The van der Waals surface area contributed by atoms with Gasteiger partial charge >= 0.3 is 0 Å². The van der Waals surface area contributed by atoms with Crippen LogP contribution < -0.4 is 5.73 Å². The van der Waals surface area contributed by atoms with Crippen LogP contribution in [0.1, 0.15) is 33.2 Å². The van der Waals surface area contributed by atoms with Gasteiger partial charge in [-0.25, -0.2) is 9.97 Å². The topological polar surface area (TPSA) is 56.7 Å². The van der Waals surface area contributed by atoms with E-state index in [4.69, 9.17) is 5.73 Å². The molecule has 2 heterocycles. The molecule has 2 rings (SSSR count). The summed E-state index contributed by atoms with van der Waals surface area (Å²) in [5.41, 5.74) is 7.92. The number of pyridine rings is 1. The fourth-order valence-corrected chi connectivity index (χ4v) is 2.29. The third-order valence-corrected chi connectivity index (χ3v) is 3.07. The third-order valence-electron chi connectivity index (χ3n) is 3.07. The van der Waals surface area contributed by atoms with Crippen molar-refractivity contribution in [3.63, 3.8) is 0 Å². The second-order valence-electron chi connectivity index (χ2n) is 5.10. The molecule has 0 aliphatic carbocycles. The first-order chi connectivity index (χ1) is 8.59. The van der Waals surface area contributed by atoms with Crippen LogP contribution in [0.3, 0.4) is 0 Å². The van der Waals surface area contributed by atoms with Crippen LogP contribution in [0, 0.1) is 5.92 Å². The number of imidazole rings is 1. The largest absolute Gasteiger partial charge is 0.383 e. The highest BCUT2D eigenvalue weighted by atomic mass is 15.1. The van der Waals surface area contributed by atoms with Gasteiger partial charge in [0.05, 0.1) is 18.2 Å². The molecule has 0 fully saturated rings. The molecule has 2 aromatic heterocycles. The van der Waals surface area contributed by atoms with E-state index in [2.05, 4.69) is 35.3 Å². The zero-order valence-electron chi connectivity index (χ0n) is 11.2. The zero-order chi connectivity index (χ0) is 13.1. The minimum atomic E-state index is 0.405. The summed E-state index contributed by atoms with van der Waals surface area (Å²) in [6, 6.07) is 4.29. The summed E-state index contributed by atoms with van der Waals surface area (Å²) in [7, 11) is 0. The maximum absolute atomic E-state index is 5.93. The van der Waals surface area contributed by atoms with Crippen molar-refractivity contribution in [3.8, 4) is 11.3 Å². The highest BCUT2D eigenvalue weighted by Crippen LogP contribution is 2.28. The SMILES string of the molecule is CC(C)CC(C)n1cncc1-c1cccnc1N. The maximum Gasteiger partial charge on any atom is 0.132 e. The van der Waals surface area contributed by atoms with Gasteiger partial charge in [0.25, 0.3) is 0 Å². The molecule has 1 unspecified atom stereocenters. The lowest BCUT2D eigenvalue weighted by Gasteiger charge is -2.18. The Morgan fingerprint density at radius 2 is 2.11 bits per heavy atom. The van der Waals surface area contributed by atoms with Gasteiger partial charge in [-0.2, -0.15) is 0 Å². The van der Waals surface area contributed by atoms with Crippen molar-refractivity contribution in [2.75, 3.05) is 5.73 Å². The third kappa shape index (κ3) is 2.53. The molecule has 1 atom stereocenters. The minimum Gasteiger partial charge on any atom is -0.383 e. The minimum absolute atomic E-state index is 0.405. The predicted molar refractivity (Wildman–Crippen MR) is 74.0 cm³/mol. The van der Waals surface area contributed by atoms with Crippen LogP contribution in [0.2, 0.25) is 0 Å². The van der Waals surface area contributed by atoms with E-state index in [-0.39, 0.29) is 0 Å². The molecule has 4 heteroatoms. The fraction of sp³-hybridized carbons (Fsp3) is 0.429. The second kappa shape index (κ2) is 5.21. The Kier molecular flexibility index (Phi) is 3.65. The van der Waals surface area contributed by atoms with Crippen molar-refractivity contribution < 1.29 is 0 Å². The second-order valence-corrected chi connectivity index (χ2v) is 5.10. The van der Waals surface area contributed by atoms with Crippen LogP contribution >= 0.6 is 0 Å².